The fraction of sp³-hybridized carbons (Fsp3) is 0.500. The number of ether oxygens (including phenoxy) is 6. The summed E-state index contributed by atoms with van der Waals surface area (Å²) in [4.78, 5) is 50.1. The molecular weight excluding hydrogens is 495 g/mol. The van der Waals surface area contributed by atoms with E-state index >= 15 is 0 Å². The molecule has 198 valence electrons. The van der Waals surface area contributed by atoms with Gasteiger partial charge in [0.1, 0.15) is 12.7 Å². The third-order valence-electron chi connectivity index (χ3n) is 4.41. The second-order valence-corrected chi connectivity index (χ2v) is 7.44. The first-order valence-corrected chi connectivity index (χ1v) is 10.5. The molecule has 1 aromatic rings. The minimum atomic E-state index is -5.13. The van der Waals surface area contributed by atoms with Gasteiger partial charge in [-0.1, -0.05) is 18.2 Å². The van der Waals surface area contributed by atoms with Gasteiger partial charge in [-0.25, -0.2) is 4.99 Å². The van der Waals surface area contributed by atoms with Gasteiger partial charge in [-0.2, -0.15) is 13.2 Å². The van der Waals surface area contributed by atoms with Gasteiger partial charge in [-0.15, -0.1) is 0 Å². The number of benzene rings is 1. The zero-order valence-corrected chi connectivity index (χ0v) is 19.6. The molecule has 1 aliphatic rings. The predicted molar refractivity (Wildman–Crippen MR) is 113 cm³/mol. The van der Waals surface area contributed by atoms with Gasteiger partial charge in [-0.05, 0) is 12.1 Å². The summed E-state index contributed by atoms with van der Waals surface area (Å²) >= 11 is 0. The third kappa shape index (κ3) is 8.52. The van der Waals surface area contributed by atoms with E-state index in [1.165, 1.54) is 24.3 Å². The molecule has 0 N–H and O–H groups in total. The second-order valence-electron chi connectivity index (χ2n) is 7.44. The van der Waals surface area contributed by atoms with E-state index in [0.717, 1.165) is 27.7 Å². The predicted octanol–water partition coefficient (Wildman–Crippen LogP) is 2.38. The van der Waals surface area contributed by atoms with Gasteiger partial charge < -0.3 is 28.4 Å². The maximum absolute atomic E-state index is 13.8. The lowest BCUT2D eigenvalue weighted by molar-refractivity contribution is -0.295. The smallest absolute Gasteiger partial charge is 0.463 e. The normalized spacial score (nSPS) is 24.3. The lowest BCUT2D eigenvalue weighted by Gasteiger charge is -2.43. The van der Waals surface area contributed by atoms with E-state index in [0.29, 0.717) is 0 Å². The number of hydrogen-bond acceptors (Lipinski definition) is 11. The van der Waals surface area contributed by atoms with Crippen LogP contribution in [-0.4, -0.2) is 73.3 Å². The van der Waals surface area contributed by atoms with Crippen LogP contribution in [0, 0.1) is 0 Å². The Bertz CT molecular complexity index is 982. The average molecular weight is 519 g/mol. The van der Waals surface area contributed by atoms with Crippen molar-refractivity contribution in [3.63, 3.8) is 0 Å². The lowest BCUT2D eigenvalue weighted by atomic mass is 9.98. The molecule has 0 radical (unpaired) electrons. The van der Waals surface area contributed by atoms with Gasteiger partial charge in [0.15, 0.2) is 12.2 Å². The topological polar surface area (TPSA) is 136 Å². The highest BCUT2D eigenvalue weighted by atomic mass is 19.4. The van der Waals surface area contributed by atoms with Crippen LogP contribution < -0.4 is 0 Å². The molecule has 5 atom stereocenters. The molecule has 1 aliphatic heterocycles. The van der Waals surface area contributed by atoms with E-state index in [2.05, 4.69) is 4.99 Å². The van der Waals surface area contributed by atoms with Crippen LogP contribution in [0.5, 0.6) is 0 Å². The molecule has 14 heteroatoms. The molecule has 36 heavy (non-hydrogen) atoms. The number of carbonyl (C=O) groups is 4. The van der Waals surface area contributed by atoms with Crippen molar-refractivity contribution >= 4 is 35.5 Å². The maximum atomic E-state index is 13.8. The standard InChI is InChI=1S/C22H24F3NO10/c1-11(27)31-10-16-17(32-12(2)28)18(33-13(3)29)19(34-14(4)30)20(35-16)36-21(22(23,24)25)26-15-8-6-5-7-9-15/h5-9,16-20H,10H2,1-4H3/t16-,17-,18+,19-,20?/m1/s1. The van der Waals surface area contributed by atoms with Gasteiger partial charge in [0.05, 0.1) is 5.69 Å². The molecule has 1 heterocycles. The number of hydrogen-bond donors (Lipinski definition) is 0. The Morgan fingerprint density at radius 1 is 0.806 bits per heavy atom. The van der Waals surface area contributed by atoms with E-state index < -0.39 is 73.3 Å². The van der Waals surface area contributed by atoms with Crippen molar-refractivity contribution < 1.29 is 60.8 Å². The van der Waals surface area contributed by atoms with Gasteiger partial charge in [-0.3, -0.25) is 19.2 Å². The Labute approximate surface area is 203 Å². The molecule has 1 saturated heterocycles. The number of aliphatic imine (C=N–C) groups is 1. The summed E-state index contributed by atoms with van der Waals surface area (Å²) in [5.74, 6) is -5.39. The summed E-state index contributed by atoms with van der Waals surface area (Å²) in [6.45, 7) is 3.34. The Morgan fingerprint density at radius 3 is 1.83 bits per heavy atom. The van der Waals surface area contributed by atoms with E-state index in [9.17, 15) is 32.3 Å². The first-order chi connectivity index (χ1) is 16.8. The lowest BCUT2D eigenvalue weighted by Crippen LogP contribution is -2.63. The molecule has 11 nitrogen and oxygen atoms in total. The summed E-state index contributed by atoms with van der Waals surface area (Å²) in [6.07, 6.45) is -13.8. The second kappa shape index (κ2) is 12.3. The Kier molecular flexibility index (Phi) is 9.78. The van der Waals surface area contributed by atoms with Crippen molar-refractivity contribution in [1.82, 2.24) is 0 Å². The summed E-state index contributed by atoms with van der Waals surface area (Å²) in [7, 11) is 0. The third-order valence-corrected chi connectivity index (χ3v) is 4.41. The van der Waals surface area contributed by atoms with Crippen molar-refractivity contribution in [2.45, 2.75) is 64.6 Å². The monoisotopic (exact) mass is 519 g/mol. The zero-order valence-electron chi connectivity index (χ0n) is 19.6. The van der Waals surface area contributed by atoms with E-state index in [1.54, 1.807) is 6.07 Å². The molecule has 2 rings (SSSR count). The quantitative estimate of drug-likeness (QED) is 0.229. The minimum absolute atomic E-state index is 0.115. The molecule has 1 unspecified atom stereocenters. The number of para-hydroxylation sites is 1. The van der Waals surface area contributed by atoms with E-state index in [1.807, 2.05) is 0 Å². The van der Waals surface area contributed by atoms with Crippen LogP contribution in [0.15, 0.2) is 35.3 Å². The number of alkyl halides is 3. The van der Waals surface area contributed by atoms with Crippen LogP contribution >= 0.6 is 0 Å². The molecule has 1 aromatic carbocycles. The molecule has 0 aromatic heterocycles. The molecule has 0 spiro atoms. The van der Waals surface area contributed by atoms with Crippen LogP contribution in [0.4, 0.5) is 18.9 Å². The van der Waals surface area contributed by atoms with Gasteiger partial charge in [0.25, 0.3) is 5.90 Å². The maximum Gasteiger partial charge on any atom is 0.468 e. The van der Waals surface area contributed by atoms with Gasteiger partial charge in [0.2, 0.25) is 12.4 Å². The summed E-state index contributed by atoms with van der Waals surface area (Å²) in [5, 5.41) is 0. The van der Waals surface area contributed by atoms with Gasteiger partial charge in [0, 0.05) is 27.7 Å². The summed E-state index contributed by atoms with van der Waals surface area (Å²) in [5.41, 5.74) is -0.115. The molecular formula is C22H24F3NO10. The molecule has 0 saturated carbocycles. The van der Waals surface area contributed by atoms with Crippen molar-refractivity contribution in [2.24, 2.45) is 4.99 Å². The first kappa shape index (κ1) is 28.6. The average Bonchev–Trinajstić information content (AvgIpc) is 2.75. The van der Waals surface area contributed by atoms with Crippen LogP contribution in [0.1, 0.15) is 27.7 Å². The SMILES string of the molecule is CC(=O)OC[C@H]1OC(OC(=Nc2ccccc2)C(F)(F)F)[C@H](OC(C)=O)[C@@H](OC(C)=O)[C@@H]1OC(C)=O. The highest BCUT2D eigenvalue weighted by molar-refractivity contribution is 5.84. The van der Waals surface area contributed by atoms with Gasteiger partial charge >= 0.3 is 30.1 Å². The Morgan fingerprint density at radius 2 is 1.33 bits per heavy atom. The fourth-order valence-electron chi connectivity index (χ4n) is 3.17. The van der Waals surface area contributed by atoms with Crippen LogP contribution in [0.25, 0.3) is 0 Å². The molecule has 0 aliphatic carbocycles. The Balaban J connectivity index is 2.55. The summed E-state index contributed by atoms with van der Waals surface area (Å²) in [6, 6.07) is 7.01. The number of rotatable bonds is 7. The fourth-order valence-corrected chi connectivity index (χ4v) is 3.17. The number of esters is 4. The number of nitrogens with zero attached hydrogens (tertiary/aromatic N) is 1. The highest BCUT2D eigenvalue weighted by Gasteiger charge is 2.55. The van der Waals surface area contributed by atoms with E-state index in [-0.39, 0.29) is 5.69 Å². The first-order valence-electron chi connectivity index (χ1n) is 10.5. The number of carbonyl (C=O) groups excluding carboxylic acids is 4. The minimum Gasteiger partial charge on any atom is -0.463 e. The zero-order chi connectivity index (χ0) is 27.0. The summed E-state index contributed by atoms with van der Waals surface area (Å²) < 4.78 is 72.2. The Hall–Kier alpha value is -3.68. The van der Waals surface area contributed by atoms with Crippen molar-refractivity contribution in [3.05, 3.63) is 30.3 Å². The van der Waals surface area contributed by atoms with Crippen molar-refractivity contribution in [2.75, 3.05) is 6.61 Å². The van der Waals surface area contributed by atoms with Crippen LogP contribution in [0.2, 0.25) is 0 Å². The highest BCUT2D eigenvalue weighted by Crippen LogP contribution is 2.32. The van der Waals surface area contributed by atoms with Crippen LogP contribution in [0.3, 0.4) is 0 Å². The van der Waals surface area contributed by atoms with Crippen LogP contribution in [-0.2, 0) is 47.6 Å². The molecule has 0 bridgehead atoms. The van der Waals surface area contributed by atoms with Crippen molar-refractivity contribution in [3.8, 4) is 0 Å². The van der Waals surface area contributed by atoms with E-state index in [4.69, 9.17) is 28.4 Å². The largest absolute Gasteiger partial charge is 0.468 e. The molecule has 0 amide bonds. The van der Waals surface area contributed by atoms with Crippen molar-refractivity contribution in [1.29, 1.82) is 0 Å². The molecule has 1 fully saturated rings. The number of halogens is 3.